The van der Waals surface area contributed by atoms with Gasteiger partial charge in [0.2, 0.25) is 23.6 Å². The number of oxazole rings is 4. The van der Waals surface area contributed by atoms with E-state index in [-0.39, 0.29) is 74.6 Å². The van der Waals surface area contributed by atoms with E-state index in [9.17, 15) is 40.2 Å². The normalized spacial score (nSPS) is 11.0. The van der Waals surface area contributed by atoms with Crippen molar-refractivity contribution in [1.82, 2.24) is 19.9 Å². The molecule has 7 aromatic carbocycles. The predicted octanol–water partition coefficient (Wildman–Crippen LogP) is 10.0. The van der Waals surface area contributed by atoms with Gasteiger partial charge in [-0.2, -0.15) is 0 Å². The molecule has 0 saturated heterocycles. The van der Waals surface area contributed by atoms with Crippen LogP contribution in [-0.2, 0) is 4.74 Å². The zero-order valence-corrected chi connectivity index (χ0v) is 34.5. The number of carbonyl (C=O) groups is 2. The second-order valence-corrected chi connectivity index (χ2v) is 14.4. The first kappa shape index (κ1) is 42.5. The Balaban J connectivity index is 0.000000127. The molecule has 332 valence electrons. The second-order valence-electron chi connectivity index (χ2n) is 14.4. The van der Waals surface area contributed by atoms with Gasteiger partial charge >= 0.3 is 11.9 Å². The number of methoxy groups -OCH3 is 1. The van der Waals surface area contributed by atoms with Crippen molar-refractivity contribution in [3.63, 3.8) is 0 Å². The molecule has 11 aromatic rings. The van der Waals surface area contributed by atoms with Gasteiger partial charge in [-0.3, -0.25) is 0 Å². The van der Waals surface area contributed by atoms with E-state index in [1.165, 1.54) is 25.3 Å². The third-order valence-corrected chi connectivity index (χ3v) is 10.1. The van der Waals surface area contributed by atoms with Crippen molar-refractivity contribution in [2.24, 2.45) is 0 Å². The molecule has 0 saturated carbocycles. The third-order valence-electron chi connectivity index (χ3n) is 10.1. The van der Waals surface area contributed by atoms with Crippen LogP contribution in [0.25, 0.3) is 90.2 Å². The summed E-state index contributed by atoms with van der Waals surface area (Å²) in [4.78, 5) is 39.4. The van der Waals surface area contributed by atoms with Crippen LogP contribution in [0.2, 0.25) is 0 Å². The number of carbonyl (C=O) groups excluding carboxylic acids is 1. The summed E-state index contributed by atoms with van der Waals surface area (Å²) in [6.07, 6.45) is 0. The van der Waals surface area contributed by atoms with Gasteiger partial charge in [0.1, 0.15) is 67.7 Å². The molecule has 0 unspecified atom stereocenters. The van der Waals surface area contributed by atoms with Crippen molar-refractivity contribution in [2.75, 3.05) is 7.11 Å². The molecule has 0 aliphatic rings. The zero-order valence-electron chi connectivity index (χ0n) is 34.5. The number of nitrogens with zero attached hydrogens (tertiary/aromatic N) is 4. The highest BCUT2D eigenvalue weighted by molar-refractivity contribution is 5.95. The number of rotatable bonds is 6. The molecule has 0 aliphatic carbocycles. The Hall–Kier alpha value is -9.84. The molecule has 0 aliphatic heterocycles. The predicted molar refractivity (Wildman–Crippen MR) is 240 cm³/mol. The summed E-state index contributed by atoms with van der Waals surface area (Å²) < 4.78 is 26.8. The summed E-state index contributed by atoms with van der Waals surface area (Å²) in [5, 5.41) is 69.2. The number of benzene rings is 7. The Morgan fingerprint density at radius 1 is 0.403 bits per heavy atom. The molecule has 7 N–H and O–H groups in total. The number of ether oxygens (including phenoxy) is 1. The van der Waals surface area contributed by atoms with Gasteiger partial charge in [-0.15, -0.1) is 0 Å². The number of para-hydroxylation sites is 8. The molecule has 4 heterocycles. The smallest absolute Gasteiger partial charge is 0.341 e. The first-order chi connectivity index (χ1) is 32.3. The van der Waals surface area contributed by atoms with E-state index in [2.05, 4.69) is 24.7 Å². The standard InChI is InChI=1S/C20H12N2O4.C15H11NO5.C14H9NO5/c23-15-10-12(20-22-14-6-2-4-8-18(14)26-20)16(24)9-11(15)19-21-13-5-1-3-7-17(13)25-19;1-20-15(19)9-7-11(17)8(6-12(9)18)14-16-10-4-2-3-5-13(10)21-14;16-10-6-8(14(18)19)11(17)5-7(10)13-15-9-3-1-2-4-12(9)20-13/h1-10,23-24H;2-7,17-18H,1H3;1-6,16-17H,(H,18,19). The van der Waals surface area contributed by atoms with Crippen LogP contribution in [0.5, 0.6) is 34.5 Å². The Bertz CT molecular complexity index is 3450. The minimum Gasteiger partial charge on any atom is -0.507 e. The number of phenolic OH excluding ortho intramolecular Hbond substituents is 5. The highest BCUT2D eigenvalue weighted by Gasteiger charge is 2.22. The molecule has 11 rings (SSSR count). The molecule has 0 spiro atoms. The molecule has 0 amide bonds. The maximum absolute atomic E-state index is 11.4. The van der Waals surface area contributed by atoms with Crippen LogP contribution in [0.3, 0.4) is 0 Å². The van der Waals surface area contributed by atoms with Gasteiger partial charge in [-0.25, -0.2) is 29.5 Å². The average Bonchev–Trinajstić information content (AvgIpc) is 4.15. The van der Waals surface area contributed by atoms with Gasteiger partial charge in [-0.1, -0.05) is 48.5 Å². The summed E-state index contributed by atoms with van der Waals surface area (Å²) in [5.41, 5.74) is 5.25. The molecule has 0 bridgehead atoms. The van der Waals surface area contributed by atoms with Crippen molar-refractivity contribution in [1.29, 1.82) is 0 Å². The topological polar surface area (TPSA) is 289 Å². The summed E-state index contributed by atoms with van der Waals surface area (Å²) >= 11 is 0. The highest BCUT2D eigenvalue weighted by Crippen LogP contribution is 2.41. The molecule has 4 aromatic heterocycles. The fourth-order valence-corrected chi connectivity index (χ4v) is 6.81. The Labute approximate surface area is 375 Å². The molecule has 18 heteroatoms. The van der Waals surface area contributed by atoms with Gasteiger partial charge in [0.05, 0.1) is 29.4 Å². The van der Waals surface area contributed by atoms with E-state index in [4.69, 9.17) is 22.8 Å². The fraction of sp³-hybridized carbons (Fsp3) is 0.0204. The molecule has 67 heavy (non-hydrogen) atoms. The van der Waals surface area contributed by atoms with Gasteiger partial charge < -0.3 is 58.2 Å². The van der Waals surface area contributed by atoms with Gasteiger partial charge in [0.25, 0.3) is 0 Å². The van der Waals surface area contributed by atoms with Crippen LogP contribution in [0.4, 0.5) is 0 Å². The first-order valence-electron chi connectivity index (χ1n) is 19.8. The Morgan fingerprint density at radius 2 is 0.672 bits per heavy atom. The zero-order chi connectivity index (χ0) is 46.9. The van der Waals surface area contributed by atoms with E-state index in [1.54, 1.807) is 54.6 Å². The first-order valence-corrected chi connectivity index (χ1v) is 19.8. The van der Waals surface area contributed by atoms with Crippen LogP contribution >= 0.6 is 0 Å². The van der Waals surface area contributed by atoms with Crippen LogP contribution in [0, 0.1) is 0 Å². The Kier molecular flexibility index (Phi) is 11.0. The molecule has 0 radical (unpaired) electrons. The highest BCUT2D eigenvalue weighted by atomic mass is 16.5. The number of phenols is 6. The molecular weight excluding hydrogens is 869 g/mol. The average molecular weight is 901 g/mol. The molecule has 0 atom stereocenters. The third kappa shape index (κ3) is 8.39. The monoisotopic (exact) mass is 900 g/mol. The lowest BCUT2D eigenvalue weighted by Crippen LogP contribution is -2.01. The summed E-state index contributed by atoms with van der Waals surface area (Å²) in [6, 6.07) is 35.9. The maximum Gasteiger partial charge on any atom is 0.341 e. The fourth-order valence-electron chi connectivity index (χ4n) is 6.81. The van der Waals surface area contributed by atoms with E-state index in [0.29, 0.717) is 55.5 Å². The van der Waals surface area contributed by atoms with Gasteiger partial charge in [-0.05, 0) is 84.9 Å². The second kappa shape index (κ2) is 17.4. The van der Waals surface area contributed by atoms with E-state index in [0.717, 1.165) is 18.2 Å². The quantitative estimate of drug-likeness (QED) is 0.0603. The van der Waals surface area contributed by atoms with E-state index < -0.39 is 17.7 Å². The van der Waals surface area contributed by atoms with E-state index in [1.807, 2.05) is 42.5 Å². The summed E-state index contributed by atoms with van der Waals surface area (Å²) in [7, 11) is 1.19. The van der Waals surface area contributed by atoms with Crippen LogP contribution < -0.4 is 0 Å². The lowest BCUT2D eigenvalue weighted by Gasteiger charge is -2.06. The molecular formula is C49H32N4O14. The summed E-state index contributed by atoms with van der Waals surface area (Å²) in [5.74, 6) is -2.90. The number of aromatic hydroxyl groups is 6. The number of carboxylic acid groups (broad SMARTS) is 1. The van der Waals surface area contributed by atoms with Gasteiger partial charge in [0, 0.05) is 0 Å². The summed E-state index contributed by atoms with van der Waals surface area (Å²) in [6.45, 7) is 0. The van der Waals surface area contributed by atoms with Crippen LogP contribution in [-0.4, -0.2) is 74.7 Å². The number of hydrogen-bond donors (Lipinski definition) is 7. The SMILES string of the molecule is COC(=O)c1cc(O)c(-c2nc3ccccc3o2)cc1O.O=C(O)c1cc(O)c(-c2nc3ccccc3o2)cc1O.Oc1cc(-c2nc3ccccc3o2)c(O)cc1-c1nc2ccccc2o1. The van der Waals surface area contributed by atoms with E-state index >= 15 is 0 Å². The van der Waals surface area contributed by atoms with Crippen molar-refractivity contribution < 1.29 is 67.7 Å². The number of hydrogen-bond acceptors (Lipinski definition) is 17. The number of esters is 1. The number of carboxylic acids is 1. The Morgan fingerprint density at radius 3 is 0.970 bits per heavy atom. The number of aromatic carboxylic acids is 1. The minimum atomic E-state index is -1.33. The lowest BCUT2D eigenvalue weighted by atomic mass is 10.1. The van der Waals surface area contributed by atoms with Gasteiger partial charge in [0.15, 0.2) is 22.3 Å². The molecule has 0 fully saturated rings. The molecule has 18 nitrogen and oxygen atoms in total. The number of aromatic nitrogens is 4. The lowest BCUT2D eigenvalue weighted by molar-refractivity contribution is 0.0596. The van der Waals surface area contributed by atoms with Crippen LogP contribution in [0.15, 0.2) is 151 Å². The van der Waals surface area contributed by atoms with Crippen LogP contribution in [0.1, 0.15) is 20.7 Å². The van der Waals surface area contributed by atoms with Crippen molar-refractivity contribution in [3.05, 3.63) is 145 Å². The maximum atomic E-state index is 11.4. The minimum absolute atomic E-state index is 0.0911. The van der Waals surface area contributed by atoms with Crippen molar-refractivity contribution in [2.45, 2.75) is 0 Å². The number of fused-ring (bicyclic) bond motifs is 4. The largest absolute Gasteiger partial charge is 0.507 e. The van der Waals surface area contributed by atoms with Crippen molar-refractivity contribution in [3.8, 4) is 80.3 Å². The van der Waals surface area contributed by atoms with Crippen molar-refractivity contribution >= 4 is 56.3 Å².